The van der Waals surface area contributed by atoms with Crippen LogP contribution in [-0.2, 0) is 4.74 Å². The van der Waals surface area contributed by atoms with Crippen molar-refractivity contribution in [2.24, 2.45) is 0 Å². The zero-order valence-electron chi connectivity index (χ0n) is 15.4. The van der Waals surface area contributed by atoms with Crippen molar-refractivity contribution in [3.05, 3.63) is 78.6 Å². The molecule has 0 bridgehead atoms. The number of nitrogens with one attached hydrogen (secondary N) is 1. The van der Waals surface area contributed by atoms with Crippen molar-refractivity contribution in [3.63, 3.8) is 0 Å². The number of anilines is 2. The normalized spacial score (nSPS) is 13.8. The number of nitrogens with zero attached hydrogens (tertiary/aromatic N) is 2. The monoisotopic (exact) mass is 375 g/mol. The second-order valence-corrected chi connectivity index (χ2v) is 6.43. The smallest absolute Gasteiger partial charge is 0.255 e. The molecule has 3 aromatic rings. The predicted molar refractivity (Wildman–Crippen MR) is 107 cm³/mol. The molecule has 0 atom stereocenters. The number of carbonyl (C=O) groups is 1. The lowest BCUT2D eigenvalue weighted by atomic mass is 10.2. The molecule has 6 nitrogen and oxygen atoms in total. The van der Waals surface area contributed by atoms with Crippen molar-refractivity contribution >= 4 is 17.3 Å². The average molecular weight is 375 g/mol. The number of morpholine rings is 1. The number of hydrogen-bond donors (Lipinski definition) is 1. The lowest BCUT2D eigenvalue weighted by molar-refractivity contribution is 0.0302. The van der Waals surface area contributed by atoms with Crippen LogP contribution in [0.25, 0.3) is 0 Å². The first kappa shape index (κ1) is 18.0. The molecular weight excluding hydrogens is 354 g/mol. The van der Waals surface area contributed by atoms with E-state index in [-0.39, 0.29) is 5.91 Å². The van der Waals surface area contributed by atoms with Gasteiger partial charge < -0.3 is 19.7 Å². The maximum Gasteiger partial charge on any atom is 0.255 e. The third kappa shape index (κ3) is 4.47. The fraction of sp³-hybridized carbons (Fsp3) is 0.182. The summed E-state index contributed by atoms with van der Waals surface area (Å²) in [5.41, 5.74) is 2.21. The molecule has 0 saturated carbocycles. The van der Waals surface area contributed by atoms with Gasteiger partial charge in [0.1, 0.15) is 11.5 Å². The minimum atomic E-state index is -0.0222. The van der Waals surface area contributed by atoms with Gasteiger partial charge in [-0.15, -0.1) is 0 Å². The zero-order chi connectivity index (χ0) is 19.2. The van der Waals surface area contributed by atoms with Crippen LogP contribution in [0.2, 0.25) is 0 Å². The van der Waals surface area contributed by atoms with E-state index in [2.05, 4.69) is 10.3 Å². The first-order valence-electron chi connectivity index (χ1n) is 9.20. The van der Waals surface area contributed by atoms with Gasteiger partial charge in [0.05, 0.1) is 30.7 Å². The Morgan fingerprint density at radius 1 is 0.929 bits per heavy atom. The highest BCUT2D eigenvalue weighted by Crippen LogP contribution is 2.24. The molecule has 1 aromatic heterocycles. The van der Waals surface area contributed by atoms with Gasteiger partial charge in [0.25, 0.3) is 5.91 Å². The summed E-state index contributed by atoms with van der Waals surface area (Å²) < 4.78 is 11.1. The average Bonchev–Trinajstić information content (AvgIpc) is 2.76. The molecule has 2 heterocycles. The number of hydrogen-bond acceptors (Lipinski definition) is 5. The number of benzene rings is 2. The summed E-state index contributed by atoms with van der Waals surface area (Å²) in [4.78, 5) is 18.6. The second-order valence-electron chi connectivity index (χ2n) is 6.43. The number of aromatic nitrogens is 1. The Kier molecular flexibility index (Phi) is 5.49. The SMILES string of the molecule is O=C(c1cncc(Nc2ccc(Oc3ccccc3)cc2)c1)N1CCOCC1. The van der Waals surface area contributed by atoms with Crippen molar-refractivity contribution in [1.29, 1.82) is 0 Å². The van der Waals surface area contributed by atoms with Crippen molar-refractivity contribution < 1.29 is 14.3 Å². The van der Waals surface area contributed by atoms with Gasteiger partial charge in [0.15, 0.2) is 0 Å². The number of carbonyl (C=O) groups excluding carboxylic acids is 1. The Morgan fingerprint density at radius 2 is 1.64 bits per heavy atom. The fourth-order valence-electron chi connectivity index (χ4n) is 2.97. The van der Waals surface area contributed by atoms with Gasteiger partial charge in [-0.05, 0) is 42.5 Å². The standard InChI is InChI=1S/C22H21N3O3/c26-22(25-10-12-27-13-11-25)17-14-19(16-23-15-17)24-18-6-8-21(9-7-18)28-20-4-2-1-3-5-20/h1-9,14-16,24H,10-13H2. The topological polar surface area (TPSA) is 63.7 Å². The third-order valence-electron chi connectivity index (χ3n) is 4.41. The molecule has 0 spiro atoms. The highest BCUT2D eigenvalue weighted by molar-refractivity contribution is 5.95. The van der Waals surface area contributed by atoms with Crippen LogP contribution in [-0.4, -0.2) is 42.1 Å². The molecular formula is C22H21N3O3. The molecule has 1 N–H and O–H groups in total. The maximum absolute atomic E-state index is 12.6. The van der Waals surface area contributed by atoms with Crippen molar-refractivity contribution in [2.75, 3.05) is 31.6 Å². The highest BCUT2D eigenvalue weighted by atomic mass is 16.5. The number of para-hydroxylation sites is 1. The van der Waals surface area contributed by atoms with Crippen LogP contribution in [0.4, 0.5) is 11.4 Å². The molecule has 0 radical (unpaired) electrons. The Bertz CT molecular complexity index is 923. The van der Waals surface area contributed by atoms with Gasteiger partial charge >= 0.3 is 0 Å². The molecule has 6 heteroatoms. The molecule has 1 amide bonds. The Morgan fingerprint density at radius 3 is 2.39 bits per heavy atom. The van der Waals surface area contributed by atoms with Gasteiger partial charge in [-0.1, -0.05) is 18.2 Å². The number of pyridine rings is 1. The molecule has 1 aliphatic rings. The summed E-state index contributed by atoms with van der Waals surface area (Å²) in [5, 5.41) is 3.28. The van der Waals surface area contributed by atoms with Crippen molar-refractivity contribution in [3.8, 4) is 11.5 Å². The van der Waals surface area contributed by atoms with Crippen molar-refractivity contribution in [2.45, 2.75) is 0 Å². The van der Waals surface area contributed by atoms with E-state index in [0.717, 1.165) is 22.9 Å². The summed E-state index contributed by atoms with van der Waals surface area (Å²) in [6, 6.07) is 19.1. The van der Waals surface area contributed by atoms with E-state index in [9.17, 15) is 4.79 Å². The summed E-state index contributed by atoms with van der Waals surface area (Å²) in [6.45, 7) is 2.38. The first-order valence-corrected chi connectivity index (χ1v) is 9.20. The van der Waals surface area contributed by atoms with E-state index in [1.165, 1.54) is 0 Å². The Labute approximate surface area is 163 Å². The lowest BCUT2D eigenvalue weighted by Crippen LogP contribution is -2.40. The summed E-state index contributed by atoms with van der Waals surface area (Å²) in [7, 11) is 0. The summed E-state index contributed by atoms with van der Waals surface area (Å²) >= 11 is 0. The fourth-order valence-corrected chi connectivity index (χ4v) is 2.97. The minimum Gasteiger partial charge on any atom is -0.457 e. The summed E-state index contributed by atoms with van der Waals surface area (Å²) in [6.07, 6.45) is 3.30. The zero-order valence-corrected chi connectivity index (χ0v) is 15.4. The van der Waals surface area contributed by atoms with Gasteiger partial charge in [0.2, 0.25) is 0 Å². The van der Waals surface area contributed by atoms with Crippen LogP contribution in [0.3, 0.4) is 0 Å². The maximum atomic E-state index is 12.6. The molecule has 1 saturated heterocycles. The summed E-state index contributed by atoms with van der Waals surface area (Å²) in [5.74, 6) is 1.53. The quantitative estimate of drug-likeness (QED) is 0.728. The lowest BCUT2D eigenvalue weighted by Gasteiger charge is -2.26. The number of amides is 1. The van der Waals surface area contributed by atoms with Crippen LogP contribution in [0.5, 0.6) is 11.5 Å². The van der Waals surface area contributed by atoms with Crippen LogP contribution in [0.15, 0.2) is 73.1 Å². The Balaban J connectivity index is 1.42. The first-order chi connectivity index (χ1) is 13.8. The van der Waals surface area contributed by atoms with Crippen LogP contribution in [0, 0.1) is 0 Å². The third-order valence-corrected chi connectivity index (χ3v) is 4.41. The molecule has 1 fully saturated rings. The van der Waals surface area contributed by atoms with E-state index >= 15 is 0 Å². The number of ether oxygens (including phenoxy) is 2. The molecule has 2 aromatic carbocycles. The van der Waals surface area contributed by atoms with E-state index in [0.29, 0.717) is 31.9 Å². The van der Waals surface area contributed by atoms with Gasteiger partial charge in [-0.3, -0.25) is 9.78 Å². The van der Waals surface area contributed by atoms with E-state index in [1.54, 1.807) is 17.3 Å². The number of rotatable bonds is 5. The van der Waals surface area contributed by atoms with Crippen LogP contribution >= 0.6 is 0 Å². The van der Waals surface area contributed by atoms with Crippen LogP contribution in [0.1, 0.15) is 10.4 Å². The largest absolute Gasteiger partial charge is 0.457 e. The minimum absolute atomic E-state index is 0.0222. The van der Waals surface area contributed by atoms with Gasteiger partial charge in [-0.2, -0.15) is 0 Å². The van der Waals surface area contributed by atoms with E-state index < -0.39 is 0 Å². The van der Waals surface area contributed by atoms with Crippen molar-refractivity contribution in [1.82, 2.24) is 9.88 Å². The molecule has 142 valence electrons. The second kappa shape index (κ2) is 8.54. The van der Waals surface area contributed by atoms with E-state index in [1.807, 2.05) is 60.7 Å². The van der Waals surface area contributed by atoms with Gasteiger partial charge in [-0.25, -0.2) is 0 Å². The Hall–Kier alpha value is -3.38. The molecule has 28 heavy (non-hydrogen) atoms. The molecule has 0 aliphatic carbocycles. The van der Waals surface area contributed by atoms with Crippen LogP contribution < -0.4 is 10.1 Å². The molecule has 4 rings (SSSR count). The highest BCUT2D eigenvalue weighted by Gasteiger charge is 2.19. The van der Waals surface area contributed by atoms with E-state index in [4.69, 9.17) is 9.47 Å². The molecule has 1 aliphatic heterocycles. The molecule has 0 unspecified atom stereocenters. The predicted octanol–water partition coefficient (Wildman–Crippen LogP) is 4.09. The van der Waals surface area contributed by atoms with Gasteiger partial charge in [0, 0.05) is 25.0 Å².